The number of imidazole rings is 1. The van der Waals surface area contributed by atoms with Crippen LogP contribution in [0.4, 0.5) is 4.39 Å². The molecule has 1 aliphatic carbocycles. The predicted octanol–water partition coefficient (Wildman–Crippen LogP) is 4.49. The van der Waals surface area contributed by atoms with Gasteiger partial charge in [0.1, 0.15) is 15.3 Å². The van der Waals surface area contributed by atoms with Crippen LogP contribution in [0.5, 0.6) is 0 Å². The van der Waals surface area contributed by atoms with Gasteiger partial charge in [0.05, 0.1) is 4.47 Å². The zero-order chi connectivity index (χ0) is 12.4. The first-order chi connectivity index (χ1) is 8.63. The second-order valence-corrected chi connectivity index (χ2v) is 6.93. The molecule has 5 rings (SSSR count). The molecule has 2 aliphatic heterocycles. The van der Waals surface area contributed by atoms with Crippen molar-refractivity contribution in [2.24, 2.45) is 0 Å². The molecule has 3 heterocycles. The molecule has 18 heavy (non-hydrogen) atoms. The van der Waals surface area contributed by atoms with Gasteiger partial charge < -0.3 is 4.57 Å². The summed E-state index contributed by atoms with van der Waals surface area (Å²) in [7, 11) is 0. The van der Waals surface area contributed by atoms with E-state index in [1.807, 2.05) is 6.07 Å². The Morgan fingerprint density at radius 1 is 1.39 bits per heavy atom. The van der Waals surface area contributed by atoms with E-state index in [-0.39, 0.29) is 5.82 Å². The Morgan fingerprint density at radius 2 is 2.17 bits per heavy atom. The zero-order valence-corrected chi connectivity index (χ0v) is 13.1. The Kier molecular flexibility index (Phi) is 2.40. The molecule has 0 N–H and O–H groups in total. The van der Waals surface area contributed by atoms with Crippen molar-refractivity contribution in [1.82, 2.24) is 9.55 Å². The van der Waals surface area contributed by atoms with E-state index in [1.165, 1.54) is 0 Å². The number of rotatable bonds is 0. The summed E-state index contributed by atoms with van der Waals surface area (Å²) in [6.45, 7) is 0. The van der Waals surface area contributed by atoms with Crippen LogP contribution in [0.2, 0.25) is 0 Å². The van der Waals surface area contributed by atoms with Crippen molar-refractivity contribution in [2.45, 2.75) is 24.8 Å². The van der Waals surface area contributed by atoms with Crippen LogP contribution < -0.4 is 0 Å². The highest BCUT2D eigenvalue weighted by molar-refractivity contribution is 14.1. The smallest absolute Gasteiger partial charge is 0.141 e. The van der Waals surface area contributed by atoms with Crippen molar-refractivity contribution in [3.63, 3.8) is 0 Å². The first-order valence-electron chi connectivity index (χ1n) is 5.87. The number of hydrogen-bond acceptors (Lipinski definition) is 1. The number of halogens is 3. The largest absolute Gasteiger partial charge is 0.327 e. The number of benzene rings is 1. The highest BCUT2D eigenvalue weighted by Crippen LogP contribution is 2.52. The topological polar surface area (TPSA) is 17.8 Å². The van der Waals surface area contributed by atoms with Gasteiger partial charge in [-0.2, -0.15) is 0 Å². The normalized spacial score (nSPS) is 23.9. The lowest BCUT2D eigenvalue weighted by molar-refractivity contribution is 0.274. The van der Waals surface area contributed by atoms with Gasteiger partial charge in [0.2, 0.25) is 0 Å². The number of aromatic nitrogens is 2. The van der Waals surface area contributed by atoms with Gasteiger partial charge in [-0.05, 0) is 75.0 Å². The second-order valence-electron chi connectivity index (χ2n) is 4.97. The Hall–Kier alpha value is -0.430. The summed E-state index contributed by atoms with van der Waals surface area (Å²) in [4.78, 5) is 4.61. The lowest BCUT2D eigenvalue weighted by Gasteiger charge is -2.34. The molecular weight excluding hydrogens is 410 g/mol. The maximum absolute atomic E-state index is 13.7. The molecule has 3 aliphatic rings. The molecular formula is C13H9BrFIN2. The monoisotopic (exact) mass is 418 g/mol. The Balaban J connectivity index is 2.05. The van der Waals surface area contributed by atoms with E-state index in [1.54, 1.807) is 6.07 Å². The van der Waals surface area contributed by atoms with E-state index in [9.17, 15) is 4.39 Å². The van der Waals surface area contributed by atoms with Crippen LogP contribution in [0.25, 0.3) is 11.4 Å². The van der Waals surface area contributed by atoms with E-state index >= 15 is 0 Å². The summed E-state index contributed by atoms with van der Waals surface area (Å²) >= 11 is 5.52. The van der Waals surface area contributed by atoms with E-state index < -0.39 is 0 Å². The van der Waals surface area contributed by atoms with E-state index in [4.69, 9.17) is 0 Å². The first kappa shape index (κ1) is 11.4. The predicted molar refractivity (Wildman–Crippen MR) is 79.1 cm³/mol. The van der Waals surface area contributed by atoms with E-state index in [0.717, 1.165) is 33.5 Å². The van der Waals surface area contributed by atoms with E-state index in [0.29, 0.717) is 16.4 Å². The van der Waals surface area contributed by atoms with Crippen LogP contribution in [0.3, 0.4) is 0 Å². The van der Waals surface area contributed by atoms with Crippen LogP contribution >= 0.6 is 38.5 Å². The minimum Gasteiger partial charge on any atom is -0.327 e. The standard InChI is InChI=1S/C13H9BrFIN2/c14-10-3-9-8(4-11(10)15)6-1-7(2-6)18-5-12(16)17-13(9)18/h3-7H,1-2H2. The third-order valence-corrected chi connectivity index (χ3v) is 5.11. The van der Waals surface area contributed by atoms with Crippen molar-refractivity contribution in [3.8, 4) is 11.4 Å². The van der Waals surface area contributed by atoms with Crippen LogP contribution in [0.15, 0.2) is 22.8 Å². The third kappa shape index (κ3) is 1.46. The fourth-order valence-corrected chi connectivity index (χ4v) is 3.88. The van der Waals surface area contributed by atoms with Gasteiger partial charge in [-0.3, -0.25) is 0 Å². The zero-order valence-electron chi connectivity index (χ0n) is 9.33. The summed E-state index contributed by atoms with van der Waals surface area (Å²) in [5.74, 6) is 1.30. The minimum atomic E-state index is -0.174. The molecule has 1 aromatic carbocycles. The van der Waals surface area contributed by atoms with E-state index in [2.05, 4.69) is 54.3 Å². The highest BCUT2D eigenvalue weighted by atomic mass is 127. The average Bonchev–Trinajstić information content (AvgIpc) is 2.54. The molecule has 5 heteroatoms. The van der Waals surface area contributed by atoms with Crippen LogP contribution in [0, 0.1) is 9.52 Å². The second kappa shape index (κ2) is 3.79. The summed E-state index contributed by atoms with van der Waals surface area (Å²) in [6.07, 6.45) is 4.31. The number of nitrogens with zero attached hydrogens (tertiary/aromatic N) is 2. The summed E-state index contributed by atoms with van der Waals surface area (Å²) < 4.78 is 17.5. The molecule has 0 amide bonds. The maximum atomic E-state index is 13.7. The Bertz CT molecular complexity index is 661. The molecule has 0 radical (unpaired) electrons. The average molecular weight is 419 g/mol. The van der Waals surface area contributed by atoms with Gasteiger partial charge in [0.15, 0.2) is 0 Å². The highest BCUT2D eigenvalue weighted by Gasteiger charge is 2.39. The minimum absolute atomic E-state index is 0.174. The molecule has 0 saturated heterocycles. The lowest BCUT2D eigenvalue weighted by Crippen LogP contribution is -2.22. The van der Waals surface area contributed by atoms with Gasteiger partial charge >= 0.3 is 0 Å². The van der Waals surface area contributed by atoms with Gasteiger partial charge in [0.25, 0.3) is 0 Å². The summed E-state index contributed by atoms with van der Waals surface area (Å²) in [5.41, 5.74) is 2.20. The molecule has 1 saturated carbocycles. The fraction of sp³-hybridized carbons (Fsp3) is 0.308. The molecule has 2 aromatic rings. The Morgan fingerprint density at radius 3 is 2.94 bits per heavy atom. The molecule has 0 unspecified atom stereocenters. The van der Waals surface area contributed by atoms with Crippen molar-refractivity contribution in [1.29, 1.82) is 0 Å². The van der Waals surface area contributed by atoms with Crippen LogP contribution in [-0.2, 0) is 0 Å². The summed E-state index contributed by atoms with van der Waals surface area (Å²) in [6, 6.07) is 4.09. The maximum Gasteiger partial charge on any atom is 0.141 e. The quantitative estimate of drug-likeness (QED) is 0.576. The molecule has 0 atom stereocenters. The Labute approximate surface area is 126 Å². The fourth-order valence-electron chi connectivity index (χ4n) is 3.00. The SMILES string of the molecule is Fc1cc2c(cc1Br)-c1nc(I)cn1C1CC2C1. The molecule has 2 bridgehead atoms. The molecule has 1 aromatic heterocycles. The number of hydrogen-bond donors (Lipinski definition) is 0. The van der Waals surface area contributed by atoms with Crippen molar-refractivity contribution in [2.75, 3.05) is 0 Å². The van der Waals surface area contributed by atoms with Gasteiger partial charge in [-0.15, -0.1) is 0 Å². The van der Waals surface area contributed by atoms with Gasteiger partial charge in [-0.25, -0.2) is 9.37 Å². The van der Waals surface area contributed by atoms with Gasteiger partial charge in [-0.1, -0.05) is 0 Å². The van der Waals surface area contributed by atoms with Crippen molar-refractivity contribution < 1.29 is 4.39 Å². The first-order valence-corrected chi connectivity index (χ1v) is 7.74. The lowest BCUT2D eigenvalue weighted by atomic mass is 9.76. The van der Waals surface area contributed by atoms with Crippen LogP contribution in [0.1, 0.15) is 30.4 Å². The van der Waals surface area contributed by atoms with Gasteiger partial charge in [0, 0.05) is 17.8 Å². The van der Waals surface area contributed by atoms with Crippen LogP contribution in [-0.4, -0.2) is 9.55 Å². The third-order valence-electron chi connectivity index (χ3n) is 3.98. The molecule has 92 valence electrons. The van der Waals surface area contributed by atoms with Crippen molar-refractivity contribution >= 4 is 38.5 Å². The molecule has 1 fully saturated rings. The van der Waals surface area contributed by atoms with Crippen molar-refractivity contribution in [3.05, 3.63) is 37.9 Å². The molecule has 2 nitrogen and oxygen atoms in total. The molecule has 0 spiro atoms. The summed E-state index contributed by atoms with van der Waals surface area (Å²) in [5, 5.41) is 0.